The molecule has 2 aromatic heterocycles. The van der Waals surface area contributed by atoms with Crippen molar-refractivity contribution in [1.82, 2.24) is 9.55 Å². The molecule has 0 radical (unpaired) electrons. The van der Waals surface area contributed by atoms with Gasteiger partial charge in [0.1, 0.15) is 5.65 Å². The summed E-state index contributed by atoms with van der Waals surface area (Å²) in [6.07, 6.45) is 2.74. The minimum absolute atomic E-state index is 0.778. The van der Waals surface area contributed by atoms with Gasteiger partial charge in [0, 0.05) is 24.3 Å². The van der Waals surface area contributed by atoms with E-state index in [-0.39, 0.29) is 0 Å². The van der Waals surface area contributed by atoms with Crippen molar-refractivity contribution >= 4 is 22.6 Å². The van der Waals surface area contributed by atoms with Crippen LogP contribution >= 0.6 is 11.6 Å². The second-order valence-electron chi connectivity index (χ2n) is 3.08. The summed E-state index contributed by atoms with van der Waals surface area (Å²) in [6, 6.07) is 3.92. The lowest BCUT2D eigenvalue weighted by atomic mass is 10.3. The highest BCUT2D eigenvalue weighted by molar-refractivity contribution is 6.35. The van der Waals surface area contributed by atoms with Gasteiger partial charge in [-0.2, -0.15) is 0 Å². The van der Waals surface area contributed by atoms with Gasteiger partial charge in [-0.05, 0) is 18.6 Å². The van der Waals surface area contributed by atoms with Crippen molar-refractivity contribution in [3.63, 3.8) is 0 Å². The Morgan fingerprint density at radius 2 is 2.31 bits per heavy atom. The molecule has 0 aliphatic rings. The van der Waals surface area contributed by atoms with Gasteiger partial charge in [0.05, 0.1) is 5.02 Å². The van der Waals surface area contributed by atoms with E-state index in [9.17, 15) is 0 Å². The van der Waals surface area contributed by atoms with Crippen molar-refractivity contribution in [3.8, 4) is 0 Å². The third-order valence-corrected chi connectivity index (χ3v) is 2.67. The number of rotatable bonds is 1. The van der Waals surface area contributed by atoms with E-state index in [0.29, 0.717) is 0 Å². The molecule has 0 saturated carbocycles. The van der Waals surface area contributed by atoms with E-state index < -0.39 is 0 Å². The van der Waals surface area contributed by atoms with Crippen molar-refractivity contribution < 1.29 is 0 Å². The van der Waals surface area contributed by atoms with E-state index in [1.54, 1.807) is 6.20 Å². The molecule has 0 N–H and O–H groups in total. The van der Waals surface area contributed by atoms with Crippen LogP contribution in [0.4, 0.5) is 0 Å². The van der Waals surface area contributed by atoms with Gasteiger partial charge >= 0.3 is 0 Å². The lowest BCUT2D eigenvalue weighted by molar-refractivity contribution is 0.854. The highest BCUT2D eigenvalue weighted by Crippen LogP contribution is 2.24. The summed E-state index contributed by atoms with van der Waals surface area (Å²) in [5.74, 6) is 0. The maximum Gasteiger partial charge on any atom is 0.141 e. The minimum atomic E-state index is 0.778. The molecule has 68 valence electrons. The molecular formula is C10H11ClN2. The number of nitrogens with zero attached hydrogens (tertiary/aromatic N) is 2. The normalized spacial score (nSPS) is 11.0. The zero-order valence-electron chi connectivity index (χ0n) is 7.71. The predicted molar refractivity (Wildman–Crippen MR) is 55.1 cm³/mol. The highest BCUT2D eigenvalue weighted by atomic mass is 35.5. The zero-order valence-corrected chi connectivity index (χ0v) is 8.47. The third kappa shape index (κ3) is 1.22. The molecule has 0 aliphatic carbocycles. The van der Waals surface area contributed by atoms with Crippen LogP contribution in [0.1, 0.15) is 12.6 Å². The van der Waals surface area contributed by atoms with Gasteiger partial charge in [-0.15, -0.1) is 0 Å². The van der Waals surface area contributed by atoms with Crippen LogP contribution in [0, 0.1) is 0 Å². The van der Waals surface area contributed by atoms with Crippen molar-refractivity contribution in [2.45, 2.75) is 13.3 Å². The van der Waals surface area contributed by atoms with Crippen LogP contribution in [0.5, 0.6) is 0 Å². The lowest BCUT2D eigenvalue weighted by Crippen LogP contribution is -1.94. The Balaban J connectivity index is 2.83. The Labute approximate surface area is 82.1 Å². The first-order chi connectivity index (χ1) is 6.24. The van der Waals surface area contributed by atoms with Crippen LogP contribution in [-0.2, 0) is 13.5 Å². The summed E-state index contributed by atoms with van der Waals surface area (Å²) in [5.41, 5.74) is 2.22. The molecule has 3 heteroatoms. The van der Waals surface area contributed by atoms with Crippen molar-refractivity contribution in [2.24, 2.45) is 7.05 Å². The maximum atomic E-state index is 6.05. The van der Waals surface area contributed by atoms with Crippen LogP contribution in [0.15, 0.2) is 18.3 Å². The van der Waals surface area contributed by atoms with Crippen molar-refractivity contribution in [3.05, 3.63) is 29.0 Å². The fraction of sp³-hybridized carbons (Fsp3) is 0.300. The molecule has 0 unspecified atom stereocenters. The van der Waals surface area contributed by atoms with E-state index in [4.69, 9.17) is 11.6 Å². The first-order valence-corrected chi connectivity index (χ1v) is 4.70. The summed E-state index contributed by atoms with van der Waals surface area (Å²) in [5, 5.41) is 1.82. The SMILES string of the molecule is CCc1cc2c(Cl)ccnc2n1C. The van der Waals surface area contributed by atoms with E-state index in [0.717, 1.165) is 22.5 Å². The molecule has 0 spiro atoms. The Hall–Kier alpha value is -1.02. The van der Waals surface area contributed by atoms with Crippen LogP contribution in [-0.4, -0.2) is 9.55 Å². The Kier molecular flexibility index (Phi) is 2.00. The van der Waals surface area contributed by atoms with Crippen LogP contribution < -0.4 is 0 Å². The Morgan fingerprint density at radius 1 is 1.54 bits per heavy atom. The van der Waals surface area contributed by atoms with Gasteiger partial charge in [0.2, 0.25) is 0 Å². The van der Waals surface area contributed by atoms with Gasteiger partial charge in [0.25, 0.3) is 0 Å². The number of hydrogen-bond acceptors (Lipinski definition) is 1. The standard InChI is InChI=1S/C10H11ClN2/c1-3-7-6-8-9(11)4-5-12-10(8)13(7)2/h4-6H,3H2,1-2H3. The number of aryl methyl sites for hydroxylation is 2. The molecule has 0 saturated heterocycles. The molecule has 13 heavy (non-hydrogen) atoms. The quantitative estimate of drug-likeness (QED) is 0.683. The summed E-state index contributed by atoms with van der Waals surface area (Å²) in [7, 11) is 2.02. The van der Waals surface area contributed by atoms with Crippen molar-refractivity contribution in [1.29, 1.82) is 0 Å². The Bertz CT molecular complexity index is 445. The fourth-order valence-corrected chi connectivity index (χ4v) is 1.77. The van der Waals surface area contributed by atoms with Crippen LogP contribution in [0.25, 0.3) is 11.0 Å². The molecule has 0 aliphatic heterocycles. The lowest BCUT2D eigenvalue weighted by Gasteiger charge is -1.98. The second kappa shape index (κ2) is 3.04. The molecular weight excluding hydrogens is 184 g/mol. The molecule has 0 aromatic carbocycles. The van der Waals surface area contributed by atoms with E-state index in [2.05, 4.69) is 22.5 Å². The summed E-state index contributed by atoms with van der Waals surface area (Å²) in [6.45, 7) is 2.13. The molecule has 2 aromatic rings. The van der Waals surface area contributed by atoms with Gasteiger partial charge in [0.15, 0.2) is 0 Å². The number of fused-ring (bicyclic) bond motifs is 1. The zero-order chi connectivity index (χ0) is 9.42. The summed E-state index contributed by atoms with van der Waals surface area (Å²) in [4.78, 5) is 4.29. The largest absolute Gasteiger partial charge is 0.333 e. The predicted octanol–water partition coefficient (Wildman–Crippen LogP) is 2.79. The maximum absolute atomic E-state index is 6.05. The first kappa shape index (κ1) is 8.57. The monoisotopic (exact) mass is 194 g/mol. The number of pyridine rings is 1. The van der Waals surface area contributed by atoms with Crippen molar-refractivity contribution in [2.75, 3.05) is 0 Å². The average molecular weight is 195 g/mol. The number of hydrogen-bond donors (Lipinski definition) is 0. The van der Waals surface area contributed by atoms with Gasteiger partial charge < -0.3 is 4.57 Å². The summed E-state index contributed by atoms with van der Waals surface area (Å²) >= 11 is 6.05. The van der Waals surface area contributed by atoms with E-state index >= 15 is 0 Å². The average Bonchev–Trinajstić information content (AvgIpc) is 2.45. The topological polar surface area (TPSA) is 17.8 Å². The molecule has 2 nitrogen and oxygen atoms in total. The second-order valence-corrected chi connectivity index (χ2v) is 3.49. The molecule has 0 bridgehead atoms. The minimum Gasteiger partial charge on any atom is -0.333 e. The smallest absolute Gasteiger partial charge is 0.141 e. The van der Waals surface area contributed by atoms with E-state index in [1.807, 2.05) is 13.1 Å². The number of aromatic nitrogens is 2. The van der Waals surface area contributed by atoms with Gasteiger partial charge in [-0.3, -0.25) is 0 Å². The molecule has 2 rings (SSSR count). The fourth-order valence-electron chi connectivity index (χ4n) is 1.58. The van der Waals surface area contributed by atoms with Gasteiger partial charge in [-0.1, -0.05) is 18.5 Å². The highest BCUT2D eigenvalue weighted by Gasteiger charge is 2.07. The first-order valence-electron chi connectivity index (χ1n) is 4.33. The molecule has 0 fully saturated rings. The molecule has 2 heterocycles. The summed E-state index contributed by atoms with van der Waals surface area (Å²) < 4.78 is 2.08. The van der Waals surface area contributed by atoms with Crippen LogP contribution in [0.2, 0.25) is 5.02 Å². The Morgan fingerprint density at radius 3 is 2.92 bits per heavy atom. The third-order valence-electron chi connectivity index (χ3n) is 2.34. The number of halogens is 1. The van der Waals surface area contributed by atoms with Crippen LogP contribution in [0.3, 0.4) is 0 Å². The molecule has 0 amide bonds. The molecule has 0 atom stereocenters. The van der Waals surface area contributed by atoms with Gasteiger partial charge in [-0.25, -0.2) is 4.98 Å². The van der Waals surface area contributed by atoms with E-state index in [1.165, 1.54) is 5.69 Å².